The summed E-state index contributed by atoms with van der Waals surface area (Å²) in [5, 5.41) is 13.7. The normalized spacial score (nSPS) is 21.9. The standard InChI is InChI=1S/C25H29ClFN5O2/c1-16(20-6-4-17(26)11-21(20)27)32-15-29-22-7-5-18(12-24(22)32)30-9-10-31(19(13-30)14-33)25(34)23-3-2-8-28-23/h4-7,11-12,15-16,19,23,28,33H,2-3,8-10,13-14H2,1H3/t16?,19-,23+/m0/s1. The van der Waals surface area contributed by atoms with Gasteiger partial charge in [-0.3, -0.25) is 4.79 Å². The zero-order valence-electron chi connectivity index (χ0n) is 19.1. The van der Waals surface area contributed by atoms with Crippen molar-refractivity contribution < 1.29 is 14.3 Å². The number of anilines is 1. The third-order valence-electron chi connectivity index (χ3n) is 7.09. The van der Waals surface area contributed by atoms with E-state index < -0.39 is 0 Å². The zero-order valence-corrected chi connectivity index (χ0v) is 19.9. The fourth-order valence-electron chi connectivity index (χ4n) is 5.14. The molecule has 2 saturated heterocycles. The predicted molar refractivity (Wildman–Crippen MR) is 131 cm³/mol. The summed E-state index contributed by atoms with van der Waals surface area (Å²) in [5.74, 6) is -0.259. The van der Waals surface area contributed by atoms with Crippen molar-refractivity contribution in [1.29, 1.82) is 0 Å². The first-order valence-corrected chi connectivity index (χ1v) is 12.1. The van der Waals surface area contributed by atoms with Gasteiger partial charge >= 0.3 is 0 Å². The Balaban J connectivity index is 1.39. The number of benzene rings is 2. The maximum Gasteiger partial charge on any atom is 0.240 e. The van der Waals surface area contributed by atoms with Gasteiger partial charge in [0.15, 0.2) is 0 Å². The highest BCUT2D eigenvalue weighted by Gasteiger charge is 2.35. The maximum absolute atomic E-state index is 14.6. The summed E-state index contributed by atoms with van der Waals surface area (Å²) in [6.07, 6.45) is 3.59. The number of aliphatic hydroxyl groups is 1. The number of rotatable bonds is 5. The average molecular weight is 486 g/mol. The molecule has 34 heavy (non-hydrogen) atoms. The molecule has 2 fully saturated rings. The molecule has 9 heteroatoms. The number of nitrogens with zero attached hydrogens (tertiary/aromatic N) is 4. The van der Waals surface area contributed by atoms with Gasteiger partial charge in [0.25, 0.3) is 0 Å². The zero-order chi connectivity index (χ0) is 23.8. The summed E-state index contributed by atoms with van der Waals surface area (Å²) in [5.41, 5.74) is 3.25. The predicted octanol–water partition coefficient (Wildman–Crippen LogP) is 3.20. The molecule has 5 rings (SSSR count). The summed E-state index contributed by atoms with van der Waals surface area (Å²) in [4.78, 5) is 21.5. The van der Waals surface area contributed by atoms with Gasteiger partial charge in [-0.05, 0) is 56.6 Å². The Kier molecular flexibility index (Phi) is 6.46. The summed E-state index contributed by atoms with van der Waals surface area (Å²) < 4.78 is 16.5. The lowest BCUT2D eigenvalue weighted by molar-refractivity contribution is -0.136. The van der Waals surface area contributed by atoms with Crippen molar-refractivity contribution in [3.63, 3.8) is 0 Å². The highest BCUT2D eigenvalue weighted by molar-refractivity contribution is 6.30. The Morgan fingerprint density at radius 3 is 2.88 bits per heavy atom. The minimum Gasteiger partial charge on any atom is -0.394 e. The number of hydrogen-bond acceptors (Lipinski definition) is 5. The molecule has 0 bridgehead atoms. The average Bonchev–Trinajstić information content (AvgIpc) is 3.53. The number of aromatic nitrogens is 2. The first-order valence-electron chi connectivity index (χ1n) is 11.8. The van der Waals surface area contributed by atoms with Crippen LogP contribution >= 0.6 is 11.6 Å². The van der Waals surface area contributed by atoms with Crippen molar-refractivity contribution in [2.45, 2.75) is 37.9 Å². The molecule has 180 valence electrons. The number of carbonyl (C=O) groups excluding carboxylic acids is 1. The number of amides is 1. The van der Waals surface area contributed by atoms with Crippen molar-refractivity contribution in [1.82, 2.24) is 19.8 Å². The second kappa shape index (κ2) is 9.52. The molecular formula is C25H29ClFN5O2. The van der Waals surface area contributed by atoms with Gasteiger partial charge in [0, 0.05) is 35.9 Å². The van der Waals surface area contributed by atoms with Crippen LogP contribution in [0.1, 0.15) is 31.4 Å². The van der Waals surface area contributed by atoms with E-state index in [1.165, 1.54) is 6.07 Å². The lowest BCUT2D eigenvalue weighted by atomic mass is 10.1. The molecule has 1 aromatic heterocycles. The van der Waals surface area contributed by atoms with E-state index in [1.807, 2.05) is 28.5 Å². The number of hydrogen-bond donors (Lipinski definition) is 2. The molecular weight excluding hydrogens is 457 g/mol. The SMILES string of the molecule is CC(c1ccc(Cl)cc1F)n1cnc2ccc(N3CCN(C(=O)[C@H]4CCCN4)[C@H](CO)C3)cc21. The van der Waals surface area contributed by atoms with Crippen molar-refractivity contribution in [3.8, 4) is 0 Å². The third-order valence-corrected chi connectivity index (χ3v) is 7.32. The summed E-state index contributed by atoms with van der Waals surface area (Å²) in [7, 11) is 0. The highest BCUT2D eigenvalue weighted by Crippen LogP contribution is 2.30. The molecule has 3 heterocycles. The molecule has 7 nitrogen and oxygen atoms in total. The van der Waals surface area contributed by atoms with E-state index in [9.17, 15) is 14.3 Å². The third kappa shape index (κ3) is 4.26. The van der Waals surface area contributed by atoms with E-state index >= 15 is 0 Å². The van der Waals surface area contributed by atoms with Crippen LogP contribution < -0.4 is 10.2 Å². The van der Waals surface area contributed by atoms with E-state index in [-0.39, 0.29) is 36.5 Å². The molecule has 3 atom stereocenters. The van der Waals surface area contributed by atoms with Crippen LogP contribution in [0.4, 0.5) is 10.1 Å². The van der Waals surface area contributed by atoms with Crippen molar-refractivity contribution in [2.24, 2.45) is 0 Å². The molecule has 2 aliphatic rings. The summed E-state index contributed by atoms with van der Waals surface area (Å²) in [6.45, 7) is 4.51. The number of imidazole rings is 1. The smallest absolute Gasteiger partial charge is 0.240 e. The number of fused-ring (bicyclic) bond motifs is 1. The van der Waals surface area contributed by atoms with E-state index in [0.717, 1.165) is 36.1 Å². The fraction of sp³-hybridized carbons (Fsp3) is 0.440. The van der Waals surface area contributed by atoms with Crippen LogP contribution in [0.2, 0.25) is 5.02 Å². The number of piperazine rings is 1. The van der Waals surface area contributed by atoms with Crippen molar-refractivity contribution in [2.75, 3.05) is 37.7 Å². The minimum atomic E-state index is -0.346. The summed E-state index contributed by atoms with van der Waals surface area (Å²) >= 11 is 5.93. The lowest BCUT2D eigenvalue weighted by Gasteiger charge is -2.42. The molecule has 3 aromatic rings. The number of carbonyl (C=O) groups is 1. The fourth-order valence-corrected chi connectivity index (χ4v) is 5.30. The van der Waals surface area contributed by atoms with E-state index in [2.05, 4.69) is 21.3 Å². The van der Waals surface area contributed by atoms with Gasteiger partial charge < -0.3 is 24.8 Å². The first-order chi connectivity index (χ1) is 16.5. The molecule has 2 aromatic carbocycles. The van der Waals surface area contributed by atoms with Crippen LogP contribution in [0.15, 0.2) is 42.7 Å². The monoisotopic (exact) mass is 485 g/mol. The van der Waals surface area contributed by atoms with Crippen molar-refractivity contribution in [3.05, 3.63) is 59.1 Å². The molecule has 2 aliphatic heterocycles. The van der Waals surface area contributed by atoms with Gasteiger partial charge in [-0.15, -0.1) is 0 Å². The Morgan fingerprint density at radius 2 is 2.15 bits per heavy atom. The van der Waals surface area contributed by atoms with Gasteiger partial charge in [0.05, 0.1) is 42.1 Å². The second-order valence-corrected chi connectivity index (χ2v) is 9.57. The molecule has 1 amide bonds. The lowest BCUT2D eigenvalue weighted by Crippen LogP contribution is -2.59. The largest absolute Gasteiger partial charge is 0.394 e. The van der Waals surface area contributed by atoms with Gasteiger partial charge in [0.2, 0.25) is 5.91 Å². The Labute approximate surface area is 203 Å². The van der Waals surface area contributed by atoms with Crippen LogP contribution in [-0.4, -0.2) is 70.3 Å². The van der Waals surface area contributed by atoms with Crippen LogP contribution in [0.25, 0.3) is 11.0 Å². The molecule has 2 N–H and O–H groups in total. The quantitative estimate of drug-likeness (QED) is 0.580. The van der Waals surface area contributed by atoms with Gasteiger partial charge in [0.1, 0.15) is 5.82 Å². The Hall–Kier alpha value is -2.68. The topological polar surface area (TPSA) is 73.6 Å². The van der Waals surface area contributed by atoms with Gasteiger partial charge in [-0.1, -0.05) is 17.7 Å². The Bertz CT molecular complexity index is 1200. The maximum atomic E-state index is 14.6. The number of halogens is 2. The Morgan fingerprint density at radius 1 is 1.29 bits per heavy atom. The number of aliphatic hydroxyl groups excluding tert-OH is 1. The molecule has 0 aliphatic carbocycles. The second-order valence-electron chi connectivity index (χ2n) is 9.13. The van der Waals surface area contributed by atoms with Crippen molar-refractivity contribution >= 4 is 34.2 Å². The number of nitrogens with one attached hydrogen (secondary N) is 1. The highest BCUT2D eigenvalue weighted by atomic mass is 35.5. The van der Waals surface area contributed by atoms with Crippen LogP contribution in [0.5, 0.6) is 0 Å². The van der Waals surface area contributed by atoms with E-state index in [1.54, 1.807) is 18.5 Å². The van der Waals surface area contributed by atoms with Crippen LogP contribution in [-0.2, 0) is 4.79 Å². The molecule has 0 spiro atoms. The molecule has 0 saturated carbocycles. The van der Waals surface area contributed by atoms with Gasteiger partial charge in [-0.25, -0.2) is 9.37 Å². The summed E-state index contributed by atoms with van der Waals surface area (Å²) in [6, 6.07) is 10.1. The molecule has 1 unspecified atom stereocenters. The van der Waals surface area contributed by atoms with Crippen LogP contribution in [0, 0.1) is 5.82 Å². The van der Waals surface area contributed by atoms with Crippen LogP contribution in [0.3, 0.4) is 0 Å². The minimum absolute atomic E-state index is 0.0813. The molecule has 0 radical (unpaired) electrons. The first kappa shape index (κ1) is 23.1. The van der Waals surface area contributed by atoms with E-state index in [0.29, 0.717) is 30.2 Å². The van der Waals surface area contributed by atoms with Gasteiger partial charge in [-0.2, -0.15) is 0 Å². The van der Waals surface area contributed by atoms with E-state index in [4.69, 9.17) is 11.6 Å².